The van der Waals surface area contributed by atoms with E-state index < -0.39 is 14.0 Å². The van der Waals surface area contributed by atoms with E-state index in [-0.39, 0.29) is 17.9 Å². The van der Waals surface area contributed by atoms with Crippen molar-refractivity contribution in [3.8, 4) is 28.7 Å². The average Bonchev–Trinajstić information content (AvgIpc) is 2.65. The Morgan fingerprint density at radius 2 is 1.46 bits per heavy atom. The van der Waals surface area contributed by atoms with Gasteiger partial charge in [0, 0.05) is 6.42 Å². The van der Waals surface area contributed by atoms with Gasteiger partial charge in [0.1, 0.15) is 6.17 Å². The largest absolute Gasteiger partial charge is 0.524 e. The molecule has 0 fully saturated rings. The first-order chi connectivity index (χ1) is 13.2. The molecule has 2 rings (SSSR count). The molecule has 0 radical (unpaired) electrons. The number of alkyl halides is 1. The lowest BCUT2D eigenvalue weighted by Crippen LogP contribution is -2.02. The van der Waals surface area contributed by atoms with Crippen molar-refractivity contribution in [2.75, 3.05) is 28.4 Å². The maximum Gasteiger partial charge on any atom is 0.524 e. The minimum absolute atomic E-state index is 0.0832. The van der Waals surface area contributed by atoms with E-state index in [1.54, 1.807) is 6.07 Å². The Kier molecular flexibility index (Phi) is 7.12. The fourth-order valence-electron chi connectivity index (χ4n) is 2.65. The van der Waals surface area contributed by atoms with E-state index in [1.807, 2.05) is 0 Å². The van der Waals surface area contributed by atoms with Crippen molar-refractivity contribution in [3.63, 3.8) is 0 Å². The molecule has 0 amide bonds. The van der Waals surface area contributed by atoms with Crippen molar-refractivity contribution in [2.24, 2.45) is 0 Å². The molecule has 0 aromatic heterocycles. The van der Waals surface area contributed by atoms with Gasteiger partial charge in [-0.25, -0.2) is 8.96 Å². The SMILES string of the molecule is COc1ccc(CC(F)c2cc(OC)c(OC)c(OC)c2)cc1OP(=O)(O)O. The highest BCUT2D eigenvalue weighted by atomic mass is 31.2. The number of phosphoric ester groups is 1. The number of ether oxygens (including phenoxy) is 4. The van der Waals surface area contributed by atoms with Gasteiger partial charge >= 0.3 is 7.82 Å². The summed E-state index contributed by atoms with van der Waals surface area (Å²) in [5.41, 5.74) is 0.744. The highest BCUT2D eigenvalue weighted by Crippen LogP contribution is 2.44. The zero-order valence-corrected chi connectivity index (χ0v) is 16.7. The van der Waals surface area contributed by atoms with Gasteiger partial charge < -0.3 is 23.5 Å². The third-order valence-electron chi connectivity index (χ3n) is 3.91. The third kappa shape index (κ3) is 5.28. The van der Waals surface area contributed by atoms with Crippen molar-refractivity contribution in [1.29, 1.82) is 0 Å². The Morgan fingerprint density at radius 1 is 0.893 bits per heavy atom. The van der Waals surface area contributed by atoms with Crippen LogP contribution in [0.2, 0.25) is 0 Å². The van der Waals surface area contributed by atoms with Gasteiger partial charge in [-0.05, 0) is 35.4 Å². The number of hydrogen-bond donors (Lipinski definition) is 2. The molecule has 2 N–H and O–H groups in total. The summed E-state index contributed by atoms with van der Waals surface area (Å²) in [6.45, 7) is 0. The number of benzene rings is 2. The lowest BCUT2D eigenvalue weighted by Gasteiger charge is -2.17. The second kappa shape index (κ2) is 9.14. The molecule has 2 aromatic carbocycles. The highest BCUT2D eigenvalue weighted by molar-refractivity contribution is 7.46. The van der Waals surface area contributed by atoms with Gasteiger partial charge in [0.05, 0.1) is 28.4 Å². The van der Waals surface area contributed by atoms with Crippen LogP contribution in [0.3, 0.4) is 0 Å². The van der Waals surface area contributed by atoms with Crippen LogP contribution in [0.4, 0.5) is 4.39 Å². The molecule has 1 unspecified atom stereocenters. The van der Waals surface area contributed by atoms with Gasteiger partial charge in [-0.3, -0.25) is 9.79 Å². The standard InChI is InChI=1S/C18H22FO8P/c1-23-14-6-5-11(8-15(14)27-28(20,21)22)7-13(19)12-9-16(24-2)18(26-4)17(10-12)25-3/h5-6,8-10,13H,7H2,1-4H3,(H2,20,21,22). The second-order valence-corrected chi connectivity index (χ2v) is 6.86. The molecule has 154 valence electrons. The minimum atomic E-state index is -4.79. The minimum Gasteiger partial charge on any atom is -0.493 e. The van der Waals surface area contributed by atoms with E-state index in [0.717, 1.165) is 0 Å². The second-order valence-electron chi connectivity index (χ2n) is 5.70. The Hall–Kier alpha value is -2.48. The molecule has 0 aliphatic rings. The maximum absolute atomic E-state index is 15.0. The number of halogens is 1. The number of hydrogen-bond acceptors (Lipinski definition) is 6. The first-order valence-corrected chi connectivity index (χ1v) is 9.61. The van der Waals surface area contributed by atoms with E-state index in [4.69, 9.17) is 28.7 Å². The first kappa shape index (κ1) is 21.8. The predicted molar refractivity (Wildman–Crippen MR) is 99.3 cm³/mol. The molecule has 8 nitrogen and oxygen atoms in total. The molecule has 28 heavy (non-hydrogen) atoms. The summed E-state index contributed by atoms with van der Waals surface area (Å²) >= 11 is 0. The first-order valence-electron chi connectivity index (χ1n) is 8.08. The van der Waals surface area contributed by atoms with Gasteiger partial charge in [0.15, 0.2) is 23.0 Å². The molecule has 0 spiro atoms. The normalized spacial score (nSPS) is 12.2. The summed E-state index contributed by atoms with van der Waals surface area (Å²) in [4.78, 5) is 18.1. The van der Waals surface area contributed by atoms with Crippen molar-refractivity contribution in [1.82, 2.24) is 0 Å². The van der Waals surface area contributed by atoms with E-state index in [9.17, 15) is 8.96 Å². The summed E-state index contributed by atoms with van der Waals surface area (Å²) < 4.78 is 51.4. The van der Waals surface area contributed by atoms with E-state index in [1.165, 1.54) is 52.7 Å². The lowest BCUT2D eigenvalue weighted by atomic mass is 10.0. The zero-order valence-electron chi connectivity index (χ0n) is 15.8. The van der Waals surface area contributed by atoms with Crippen molar-refractivity contribution < 1.29 is 42.2 Å². The number of phosphoric acid groups is 1. The van der Waals surface area contributed by atoms with Crippen LogP contribution in [0.5, 0.6) is 28.7 Å². The molecule has 2 aromatic rings. The summed E-state index contributed by atoms with van der Waals surface area (Å²) in [7, 11) is 0.857. The van der Waals surface area contributed by atoms with Crippen LogP contribution in [-0.2, 0) is 11.0 Å². The van der Waals surface area contributed by atoms with Crippen LogP contribution >= 0.6 is 7.82 Å². The number of rotatable bonds is 9. The Balaban J connectivity index is 2.33. The van der Waals surface area contributed by atoms with Gasteiger partial charge in [-0.15, -0.1) is 0 Å². The summed E-state index contributed by atoms with van der Waals surface area (Å²) in [5, 5.41) is 0. The molecular weight excluding hydrogens is 394 g/mol. The third-order valence-corrected chi connectivity index (χ3v) is 4.34. The van der Waals surface area contributed by atoms with Crippen LogP contribution in [0.25, 0.3) is 0 Å². The van der Waals surface area contributed by atoms with E-state index >= 15 is 0 Å². The van der Waals surface area contributed by atoms with Crippen molar-refractivity contribution in [2.45, 2.75) is 12.6 Å². The Bertz CT molecular complexity index is 842. The fraction of sp³-hybridized carbons (Fsp3) is 0.333. The highest BCUT2D eigenvalue weighted by Gasteiger charge is 2.22. The lowest BCUT2D eigenvalue weighted by molar-refractivity contribution is 0.276. The maximum atomic E-state index is 15.0. The molecule has 0 heterocycles. The Labute approximate surface area is 162 Å². The van der Waals surface area contributed by atoms with Crippen LogP contribution in [0.1, 0.15) is 17.3 Å². The molecule has 0 saturated heterocycles. The molecule has 1 atom stereocenters. The van der Waals surface area contributed by atoms with Crippen molar-refractivity contribution in [3.05, 3.63) is 41.5 Å². The molecule has 0 aliphatic carbocycles. The molecule has 0 bridgehead atoms. The fourth-order valence-corrected chi connectivity index (χ4v) is 3.05. The molecule has 0 saturated carbocycles. The topological polar surface area (TPSA) is 104 Å². The average molecular weight is 416 g/mol. The van der Waals surface area contributed by atoms with Gasteiger partial charge in [0.2, 0.25) is 5.75 Å². The van der Waals surface area contributed by atoms with Gasteiger partial charge in [-0.1, -0.05) is 6.07 Å². The summed E-state index contributed by atoms with van der Waals surface area (Å²) in [6.07, 6.45) is -1.54. The molecule has 10 heteroatoms. The van der Waals surface area contributed by atoms with Gasteiger partial charge in [0.25, 0.3) is 0 Å². The smallest absolute Gasteiger partial charge is 0.493 e. The monoisotopic (exact) mass is 416 g/mol. The van der Waals surface area contributed by atoms with Crippen molar-refractivity contribution >= 4 is 7.82 Å². The van der Waals surface area contributed by atoms with Crippen LogP contribution in [0.15, 0.2) is 30.3 Å². The quantitative estimate of drug-likeness (QED) is 0.599. The summed E-state index contributed by atoms with van der Waals surface area (Å²) in [6, 6.07) is 7.35. The number of methoxy groups -OCH3 is 4. The van der Waals surface area contributed by atoms with E-state index in [2.05, 4.69) is 4.52 Å². The van der Waals surface area contributed by atoms with Gasteiger partial charge in [-0.2, -0.15) is 0 Å². The predicted octanol–water partition coefficient (Wildman–Crippen LogP) is 3.45. The van der Waals surface area contributed by atoms with Crippen LogP contribution < -0.4 is 23.5 Å². The van der Waals surface area contributed by atoms with E-state index in [0.29, 0.717) is 28.4 Å². The zero-order chi connectivity index (χ0) is 20.9. The van der Waals surface area contributed by atoms with Crippen LogP contribution in [-0.4, -0.2) is 38.2 Å². The molecule has 0 aliphatic heterocycles. The molecular formula is C18H22FO8P. The Morgan fingerprint density at radius 3 is 1.93 bits per heavy atom. The van der Waals surface area contributed by atoms with Crippen LogP contribution in [0, 0.1) is 0 Å². The summed E-state index contributed by atoms with van der Waals surface area (Å²) in [5.74, 6) is 0.933.